The number of rotatable bonds is 10. The molecule has 6 aromatic rings. The summed E-state index contributed by atoms with van der Waals surface area (Å²) in [5.74, 6) is 0.650. The fourth-order valence-corrected chi connectivity index (χ4v) is 7.18. The Morgan fingerprint density at radius 1 is 0.396 bits per heavy atom. The average molecular weight is 631 g/mol. The molecule has 2 atom stereocenters. The van der Waals surface area contributed by atoms with Gasteiger partial charge in [-0.05, 0) is 46.2 Å². The lowest BCUT2D eigenvalue weighted by molar-refractivity contribution is 0.279. The lowest BCUT2D eigenvalue weighted by atomic mass is 9.89. The molecule has 240 valence electrons. The van der Waals surface area contributed by atoms with Crippen molar-refractivity contribution in [2.24, 2.45) is 0 Å². The van der Waals surface area contributed by atoms with Crippen LogP contribution in [-0.4, -0.2) is 22.3 Å². The molecule has 0 amide bonds. The van der Waals surface area contributed by atoms with E-state index in [1.807, 2.05) is 97.1 Å². The zero-order valence-electron chi connectivity index (χ0n) is 27.1. The normalized spacial score (nSPS) is 16.1. The summed E-state index contributed by atoms with van der Waals surface area (Å²) in [4.78, 5) is 0. The van der Waals surface area contributed by atoms with Crippen LogP contribution in [0.3, 0.4) is 0 Å². The number of para-hydroxylation sites is 2. The lowest BCUT2D eigenvalue weighted by Crippen LogP contribution is -2.49. The summed E-state index contributed by atoms with van der Waals surface area (Å²) in [5, 5.41) is 30.6. The summed E-state index contributed by atoms with van der Waals surface area (Å²) in [7, 11) is 0. The van der Waals surface area contributed by atoms with Crippen molar-refractivity contribution in [3.8, 4) is 56.0 Å². The summed E-state index contributed by atoms with van der Waals surface area (Å²) in [6, 6.07) is 49.8. The minimum absolute atomic E-state index is 0.252. The molecule has 4 N–H and O–H groups in total. The summed E-state index contributed by atoms with van der Waals surface area (Å²) >= 11 is 0. The first-order valence-electron chi connectivity index (χ1n) is 17.1. The Kier molecular flexibility index (Phi) is 9.65. The smallest absolute Gasteiger partial charge is 0.127 e. The number of nitrogens with one attached hydrogen (secondary N) is 2. The largest absolute Gasteiger partial charge is 0.507 e. The zero-order chi connectivity index (χ0) is 32.7. The first-order chi connectivity index (χ1) is 23.7. The van der Waals surface area contributed by atoms with Crippen LogP contribution in [-0.2, 0) is 13.1 Å². The van der Waals surface area contributed by atoms with Crippen LogP contribution in [0.1, 0.15) is 36.8 Å². The maximum atomic E-state index is 11.5. The van der Waals surface area contributed by atoms with Gasteiger partial charge in [-0.1, -0.05) is 158 Å². The zero-order valence-corrected chi connectivity index (χ0v) is 27.1. The van der Waals surface area contributed by atoms with Gasteiger partial charge in [0.2, 0.25) is 0 Å². The van der Waals surface area contributed by atoms with Gasteiger partial charge in [0.1, 0.15) is 11.5 Å². The van der Waals surface area contributed by atoms with E-state index in [0.717, 1.165) is 68.5 Å². The van der Waals surface area contributed by atoms with Gasteiger partial charge >= 0.3 is 0 Å². The number of phenols is 2. The van der Waals surface area contributed by atoms with E-state index >= 15 is 0 Å². The standard InChI is InChI=1S/C44H42N2O2/c47-43-33(19-13-25-39(43)37-23-9-7-21-35(37)31-15-3-1-4-16-31)29-45-41-27-11-12-28-42(41)46-30-34-20-14-26-40(44(34)48)38-24-10-8-22-36(38)32-17-5-2-6-18-32/h1-10,13-26,41-42,45-48H,11-12,27-30H2/t41-,42-/m1/s1. The van der Waals surface area contributed by atoms with Crippen LogP contribution < -0.4 is 10.6 Å². The van der Waals surface area contributed by atoms with E-state index in [1.165, 1.54) is 12.8 Å². The van der Waals surface area contributed by atoms with Crippen LogP contribution in [0.25, 0.3) is 44.5 Å². The maximum Gasteiger partial charge on any atom is 0.127 e. The number of benzene rings is 6. The first-order valence-corrected chi connectivity index (χ1v) is 17.1. The molecule has 1 fully saturated rings. The fourth-order valence-electron chi connectivity index (χ4n) is 7.18. The third-order valence-corrected chi connectivity index (χ3v) is 9.72. The van der Waals surface area contributed by atoms with E-state index in [4.69, 9.17) is 0 Å². The number of aromatic hydroxyl groups is 2. The van der Waals surface area contributed by atoms with Gasteiger partial charge in [-0.2, -0.15) is 0 Å². The van der Waals surface area contributed by atoms with Crippen molar-refractivity contribution >= 4 is 0 Å². The highest BCUT2D eigenvalue weighted by atomic mass is 16.3. The predicted molar refractivity (Wildman–Crippen MR) is 198 cm³/mol. The quantitative estimate of drug-likeness (QED) is 0.122. The molecule has 4 heteroatoms. The van der Waals surface area contributed by atoms with Crippen molar-refractivity contribution < 1.29 is 10.2 Å². The molecule has 1 aliphatic rings. The van der Waals surface area contributed by atoms with Crippen LogP contribution in [0.2, 0.25) is 0 Å². The highest BCUT2D eigenvalue weighted by molar-refractivity contribution is 5.87. The van der Waals surface area contributed by atoms with E-state index in [9.17, 15) is 10.2 Å². The Labute approximate surface area is 283 Å². The van der Waals surface area contributed by atoms with E-state index in [2.05, 4.69) is 59.2 Å². The molecule has 48 heavy (non-hydrogen) atoms. The molecule has 0 saturated heterocycles. The Bertz CT molecular complexity index is 1830. The molecule has 0 aromatic heterocycles. The summed E-state index contributed by atoms with van der Waals surface area (Å²) in [5.41, 5.74) is 9.98. The molecule has 0 radical (unpaired) electrons. The van der Waals surface area contributed by atoms with Gasteiger partial charge in [-0.3, -0.25) is 0 Å². The first kappa shape index (κ1) is 31.4. The van der Waals surface area contributed by atoms with Crippen molar-refractivity contribution in [3.63, 3.8) is 0 Å². The van der Waals surface area contributed by atoms with Gasteiger partial charge in [-0.25, -0.2) is 0 Å². The molecule has 1 aliphatic carbocycles. The fraction of sp³-hybridized carbons (Fsp3) is 0.182. The molecule has 0 aliphatic heterocycles. The molecule has 0 unspecified atom stereocenters. The predicted octanol–water partition coefficient (Wildman–Crippen LogP) is 9.96. The molecule has 1 saturated carbocycles. The molecule has 0 heterocycles. The number of phenolic OH excluding ortho intramolecular Hbond substituents is 2. The van der Waals surface area contributed by atoms with Crippen LogP contribution >= 0.6 is 0 Å². The van der Waals surface area contributed by atoms with Crippen molar-refractivity contribution in [1.29, 1.82) is 0 Å². The molecular weight excluding hydrogens is 588 g/mol. The number of hydrogen-bond acceptors (Lipinski definition) is 4. The Morgan fingerprint density at radius 3 is 1.17 bits per heavy atom. The molecular formula is C44H42N2O2. The molecule has 0 spiro atoms. The second kappa shape index (κ2) is 14.7. The van der Waals surface area contributed by atoms with E-state index < -0.39 is 0 Å². The van der Waals surface area contributed by atoms with Crippen molar-refractivity contribution in [1.82, 2.24) is 10.6 Å². The number of hydrogen-bond donors (Lipinski definition) is 4. The van der Waals surface area contributed by atoms with Crippen molar-refractivity contribution in [3.05, 3.63) is 157 Å². The van der Waals surface area contributed by atoms with Gasteiger partial charge in [0.15, 0.2) is 0 Å². The summed E-state index contributed by atoms with van der Waals surface area (Å²) < 4.78 is 0. The molecule has 7 rings (SSSR count). The van der Waals surface area contributed by atoms with Gasteiger partial charge < -0.3 is 20.8 Å². The topological polar surface area (TPSA) is 64.5 Å². The maximum absolute atomic E-state index is 11.5. The monoisotopic (exact) mass is 630 g/mol. The van der Waals surface area contributed by atoms with Crippen LogP contribution in [0.15, 0.2) is 146 Å². The van der Waals surface area contributed by atoms with Crippen LogP contribution in [0.4, 0.5) is 0 Å². The molecule has 0 bridgehead atoms. The highest BCUT2D eigenvalue weighted by Gasteiger charge is 2.25. The Balaban J connectivity index is 1.06. The van der Waals surface area contributed by atoms with Gasteiger partial charge in [0, 0.05) is 47.4 Å². The van der Waals surface area contributed by atoms with Gasteiger partial charge in [0.25, 0.3) is 0 Å². The third kappa shape index (κ3) is 6.77. The lowest BCUT2D eigenvalue weighted by Gasteiger charge is -2.33. The molecule has 4 nitrogen and oxygen atoms in total. The summed E-state index contributed by atoms with van der Waals surface area (Å²) in [6.07, 6.45) is 4.46. The Hall–Kier alpha value is -5.16. The van der Waals surface area contributed by atoms with E-state index in [-0.39, 0.29) is 12.1 Å². The van der Waals surface area contributed by atoms with Crippen molar-refractivity contribution in [2.45, 2.75) is 50.9 Å². The highest BCUT2D eigenvalue weighted by Crippen LogP contribution is 2.40. The van der Waals surface area contributed by atoms with Gasteiger partial charge in [0.05, 0.1) is 0 Å². The van der Waals surface area contributed by atoms with Crippen LogP contribution in [0.5, 0.6) is 11.5 Å². The minimum atomic E-state index is 0.252. The van der Waals surface area contributed by atoms with E-state index in [1.54, 1.807) is 0 Å². The SMILES string of the molecule is Oc1c(CN[C@@H]2CCCC[C@H]2NCc2cccc(-c3ccccc3-c3ccccc3)c2O)cccc1-c1ccccc1-c1ccccc1. The average Bonchev–Trinajstić information content (AvgIpc) is 3.15. The molecule has 6 aromatic carbocycles. The van der Waals surface area contributed by atoms with Crippen LogP contribution in [0, 0.1) is 0 Å². The van der Waals surface area contributed by atoms with Crippen molar-refractivity contribution in [2.75, 3.05) is 0 Å². The minimum Gasteiger partial charge on any atom is -0.507 e. The Morgan fingerprint density at radius 2 is 0.750 bits per heavy atom. The second-order valence-electron chi connectivity index (χ2n) is 12.7. The van der Waals surface area contributed by atoms with Gasteiger partial charge in [-0.15, -0.1) is 0 Å². The third-order valence-electron chi connectivity index (χ3n) is 9.72. The second-order valence-corrected chi connectivity index (χ2v) is 12.7. The van der Waals surface area contributed by atoms with E-state index in [0.29, 0.717) is 24.6 Å². The summed E-state index contributed by atoms with van der Waals surface area (Å²) in [6.45, 7) is 1.15.